The maximum atomic E-state index is 12.5. The molecule has 0 unspecified atom stereocenters. The van der Waals surface area contributed by atoms with E-state index < -0.39 is 6.61 Å². The average Bonchev–Trinajstić information content (AvgIpc) is 3.29. The number of thiazole rings is 1. The zero-order chi connectivity index (χ0) is 25.3. The van der Waals surface area contributed by atoms with Crippen LogP contribution in [0, 0.1) is 0 Å². The minimum absolute atomic E-state index is 0.0812. The van der Waals surface area contributed by atoms with Gasteiger partial charge in [0, 0.05) is 22.7 Å². The second-order valence-electron chi connectivity index (χ2n) is 7.27. The van der Waals surface area contributed by atoms with Crippen molar-refractivity contribution in [2.75, 3.05) is 14.2 Å². The number of hydrogen-bond acceptors (Lipinski definition) is 6. The predicted octanol–water partition coefficient (Wildman–Crippen LogP) is 6.61. The summed E-state index contributed by atoms with van der Waals surface area (Å²) in [5, 5.41) is 6.53. The van der Waals surface area contributed by atoms with Gasteiger partial charge in [0.1, 0.15) is 22.9 Å². The summed E-state index contributed by atoms with van der Waals surface area (Å²) >= 11 is 1.39. The van der Waals surface area contributed by atoms with Crippen LogP contribution in [0.5, 0.6) is 17.2 Å². The molecule has 1 heterocycles. The minimum atomic E-state index is -2.88. The first-order valence-electron chi connectivity index (χ1n) is 10.9. The Morgan fingerprint density at radius 3 is 2.31 bits per heavy atom. The van der Waals surface area contributed by atoms with Crippen molar-refractivity contribution in [3.63, 3.8) is 0 Å². The van der Waals surface area contributed by atoms with Crippen LogP contribution >= 0.6 is 11.3 Å². The number of methoxy groups -OCH3 is 2. The number of hydrogen-bond donors (Lipinski definition) is 0. The van der Waals surface area contributed by atoms with Gasteiger partial charge in [-0.1, -0.05) is 30.3 Å². The number of benzene rings is 3. The number of allylic oxidation sites excluding steroid dienone is 1. The van der Waals surface area contributed by atoms with Crippen LogP contribution in [-0.2, 0) is 0 Å². The summed E-state index contributed by atoms with van der Waals surface area (Å²) in [5.74, 6) is 1.47. The minimum Gasteiger partial charge on any atom is -0.496 e. The summed E-state index contributed by atoms with van der Waals surface area (Å²) in [4.78, 5) is 5.36. The number of nitrogens with zero attached hydrogens (tertiary/aromatic N) is 3. The van der Waals surface area contributed by atoms with Crippen LogP contribution in [0.4, 0.5) is 14.5 Å². The molecule has 0 amide bonds. The zero-order valence-corrected chi connectivity index (χ0v) is 20.4. The van der Waals surface area contributed by atoms with E-state index in [4.69, 9.17) is 14.5 Å². The fraction of sp³-hybridized carbons (Fsp3) is 0.111. The van der Waals surface area contributed by atoms with Crippen LogP contribution in [0.25, 0.3) is 17.3 Å². The lowest BCUT2D eigenvalue weighted by molar-refractivity contribution is -0.0498. The molecule has 0 aliphatic carbocycles. The van der Waals surface area contributed by atoms with Crippen LogP contribution in [0.1, 0.15) is 5.56 Å². The van der Waals surface area contributed by atoms with E-state index in [9.17, 15) is 8.78 Å². The zero-order valence-electron chi connectivity index (χ0n) is 19.5. The molecule has 0 saturated carbocycles. The van der Waals surface area contributed by atoms with Crippen LogP contribution in [0.3, 0.4) is 0 Å². The molecular weight excluding hydrogens is 484 g/mol. The van der Waals surface area contributed by atoms with Crippen molar-refractivity contribution in [1.29, 1.82) is 0 Å². The predicted molar refractivity (Wildman–Crippen MR) is 139 cm³/mol. The second kappa shape index (κ2) is 11.9. The van der Waals surface area contributed by atoms with Gasteiger partial charge < -0.3 is 14.2 Å². The van der Waals surface area contributed by atoms with Gasteiger partial charge in [-0.2, -0.15) is 13.9 Å². The molecule has 0 bridgehead atoms. The van der Waals surface area contributed by atoms with Crippen LogP contribution < -0.4 is 19.0 Å². The largest absolute Gasteiger partial charge is 0.496 e. The molecule has 6 nitrogen and oxygen atoms in total. The van der Waals surface area contributed by atoms with Crippen LogP contribution in [0.2, 0.25) is 0 Å². The van der Waals surface area contributed by atoms with Gasteiger partial charge in [0.2, 0.25) is 4.80 Å². The second-order valence-corrected chi connectivity index (χ2v) is 8.10. The molecule has 0 aliphatic rings. The van der Waals surface area contributed by atoms with Crippen molar-refractivity contribution in [2.24, 2.45) is 10.1 Å². The molecule has 0 fully saturated rings. The summed E-state index contributed by atoms with van der Waals surface area (Å²) in [5.41, 5.74) is 3.07. The van der Waals surface area contributed by atoms with Gasteiger partial charge in [-0.05, 0) is 54.6 Å². The third-order valence-electron chi connectivity index (χ3n) is 5.04. The molecule has 1 aromatic heterocycles. The van der Waals surface area contributed by atoms with Gasteiger partial charge in [-0.15, -0.1) is 11.3 Å². The van der Waals surface area contributed by atoms with Crippen molar-refractivity contribution in [3.8, 4) is 28.5 Å². The van der Waals surface area contributed by atoms with Crippen molar-refractivity contribution < 1.29 is 23.0 Å². The van der Waals surface area contributed by atoms with E-state index in [0.29, 0.717) is 16.2 Å². The molecule has 0 saturated heterocycles. The quantitative estimate of drug-likeness (QED) is 0.239. The van der Waals surface area contributed by atoms with Gasteiger partial charge in [-0.3, -0.25) is 0 Å². The standard InChI is InChI=1S/C27H23F2N3O3S/c1-33-24-11-5-3-8-20(24)9-7-17-30-32-23(19-13-15-21(16-14-19)35-26(28)29)18-36-27(32)31-22-10-4-6-12-25(22)34-2/h3-18,26H,1-2H3/b9-7+,30-17+,31-27?. The lowest BCUT2D eigenvalue weighted by Gasteiger charge is -2.07. The Morgan fingerprint density at radius 2 is 1.58 bits per heavy atom. The number of rotatable bonds is 9. The highest BCUT2D eigenvalue weighted by Gasteiger charge is 2.10. The molecule has 4 aromatic rings. The molecule has 0 N–H and O–H groups in total. The van der Waals surface area contributed by atoms with E-state index in [1.165, 1.54) is 23.5 Å². The third-order valence-corrected chi connectivity index (χ3v) is 5.86. The lowest BCUT2D eigenvalue weighted by atomic mass is 10.2. The maximum absolute atomic E-state index is 12.5. The Morgan fingerprint density at radius 1 is 0.889 bits per heavy atom. The first kappa shape index (κ1) is 24.9. The fourth-order valence-corrected chi connectivity index (χ4v) is 4.22. The monoisotopic (exact) mass is 507 g/mol. The Balaban J connectivity index is 1.74. The first-order chi connectivity index (χ1) is 17.6. The van der Waals surface area contributed by atoms with Gasteiger partial charge >= 0.3 is 6.61 Å². The number of halogens is 2. The molecule has 36 heavy (non-hydrogen) atoms. The molecule has 0 spiro atoms. The summed E-state index contributed by atoms with van der Waals surface area (Å²) < 4.78 is 42.1. The maximum Gasteiger partial charge on any atom is 0.387 e. The van der Waals surface area contributed by atoms with Crippen molar-refractivity contribution in [3.05, 3.63) is 94.6 Å². The molecule has 184 valence electrons. The smallest absolute Gasteiger partial charge is 0.387 e. The van der Waals surface area contributed by atoms with E-state index in [-0.39, 0.29) is 5.75 Å². The van der Waals surface area contributed by atoms with Gasteiger partial charge in [0.15, 0.2) is 0 Å². The summed E-state index contributed by atoms with van der Waals surface area (Å²) in [6.45, 7) is -2.88. The van der Waals surface area contributed by atoms with E-state index in [1.807, 2.05) is 60.0 Å². The van der Waals surface area contributed by atoms with Crippen molar-refractivity contribution in [1.82, 2.24) is 4.68 Å². The SMILES string of the molecule is COc1ccccc1/C=C/C=N/n1c(-c2ccc(OC(F)F)cc2)csc1=Nc1ccccc1OC. The lowest BCUT2D eigenvalue weighted by Crippen LogP contribution is -2.11. The van der Waals surface area contributed by atoms with Crippen molar-refractivity contribution in [2.45, 2.75) is 6.61 Å². The van der Waals surface area contributed by atoms with E-state index in [1.54, 1.807) is 43.3 Å². The molecule has 0 radical (unpaired) electrons. The third kappa shape index (κ3) is 6.05. The van der Waals surface area contributed by atoms with Gasteiger partial charge in [0.05, 0.1) is 19.9 Å². The van der Waals surface area contributed by atoms with Crippen LogP contribution in [-0.4, -0.2) is 31.7 Å². The Labute approximate surface area is 211 Å². The highest BCUT2D eigenvalue weighted by molar-refractivity contribution is 7.07. The average molecular weight is 508 g/mol. The highest BCUT2D eigenvalue weighted by atomic mass is 32.1. The summed E-state index contributed by atoms with van der Waals surface area (Å²) in [6, 6.07) is 21.5. The molecule has 0 atom stereocenters. The van der Waals surface area contributed by atoms with E-state index >= 15 is 0 Å². The molecular formula is C27H23F2N3O3S. The van der Waals surface area contributed by atoms with Crippen molar-refractivity contribution >= 4 is 29.3 Å². The Bertz CT molecular complexity index is 1430. The molecule has 3 aromatic carbocycles. The topological polar surface area (TPSA) is 57.3 Å². The normalized spacial score (nSPS) is 12.1. The number of alkyl halides is 2. The summed E-state index contributed by atoms with van der Waals surface area (Å²) in [7, 11) is 3.21. The Kier molecular flexibility index (Phi) is 8.25. The van der Waals surface area contributed by atoms with Gasteiger partial charge in [-0.25, -0.2) is 9.67 Å². The van der Waals surface area contributed by atoms with Gasteiger partial charge in [0.25, 0.3) is 0 Å². The van der Waals surface area contributed by atoms with E-state index in [0.717, 1.165) is 22.6 Å². The fourth-order valence-electron chi connectivity index (χ4n) is 3.38. The number of para-hydroxylation sites is 3. The molecule has 0 aliphatic heterocycles. The number of ether oxygens (including phenoxy) is 3. The number of aromatic nitrogens is 1. The molecule has 4 rings (SSSR count). The highest BCUT2D eigenvalue weighted by Crippen LogP contribution is 2.28. The van der Waals surface area contributed by atoms with E-state index in [2.05, 4.69) is 9.84 Å². The van der Waals surface area contributed by atoms with Crippen LogP contribution in [0.15, 0.2) is 94.3 Å². The Hall–Kier alpha value is -4.24. The molecule has 9 heteroatoms. The summed E-state index contributed by atoms with van der Waals surface area (Å²) in [6.07, 6.45) is 5.35. The first-order valence-corrected chi connectivity index (χ1v) is 11.7.